The van der Waals surface area contributed by atoms with Crippen molar-refractivity contribution in [2.45, 2.75) is 26.4 Å². The number of anilines is 1. The Labute approximate surface area is 121 Å². The van der Waals surface area contributed by atoms with E-state index in [0.29, 0.717) is 11.1 Å². The van der Waals surface area contributed by atoms with E-state index in [2.05, 4.69) is 42.2 Å². The molecule has 1 heterocycles. The van der Waals surface area contributed by atoms with Gasteiger partial charge in [-0.05, 0) is 11.6 Å². The number of hydrogen-bond donors (Lipinski definition) is 1. The van der Waals surface area contributed by atoms with Gasteiger partial charge < -0.3 is 10.2 Å². The van der Waals surface area contributed by atoms with E-state index in [9.17, 15) is 0 Å². The summed E-state index contributed by atoms with van der Waals surface area (Å²) in [7, 11) is 0. The minimum Gasteiger partial charge on any atom is -0.349 e. The zero-order chi connectivity index (χ0) is 14.3. The molecule has 0 amide bonds. The Morgan fingerprint density at radius 3 is 2.53 bits per heavy atom. The van der Waals surface area contributed by atoms with Crippen LogP contribution in [0.3, 0.4) is 0 Å². The highest BCUT2D eigenvalue weighted by molar-refractivity contribution is 6.31. The lowest BCUT2D eigenvalue weighted by Gasteiger charge is -2.21. The Morgan fingerprint density at radius 2 is 2.00 bits per heavy atom. The Kier molecular flexibility index (Phi) is 6.60. The monoisotopic (exact) mass is 279 g/mol. The number of pyridine rings is 1. The molecule has 19 heavy (non-hydrogen) atoms. The average Bonchev–Trinajstić information content (AvgIpc) is 2.37. The molecule has 0 aliphatic rings. The third kappa shape index (κ3) is 5.05. The van der Waals surface area contributed by atoms with E-state index >= 15 is 0 Å². The maximum atomic E-state index is 6.18. The van der Waals surface area contributed by atoms with Crippen molar-refractivity contribution >= 4 is 17.4 Å². The summed E-state index contributed by atoms with van der Waals surface area (Å²) in [6.45, 7) is 14.0. The second kappa shape index (κ2) is 7.97. The fourth-order valence-corrected chi connectivity index (χ4v) is 1.83. The van der Waals surface area contributed by atoms with Crippen LogP contribution >= 0.6 is 11.6 Å². The van der Waals surface area contributed by atoms with Crippen molar-refractivity contribution < 1.29 is 0 Å². The Morgan fingerprint density at radius 1 is 1.37 bits per heavy atom. The minimum absolute atomic E-state index is 0.421. The van der Waals surface area contributed by atoms with E-state index in [1.807, 2.05) is 18.2 Å². The molecule has 1 rings (SSSR count). The van der Waals surface area contributed by atoms with Crippen LogP contribution in [0.15, 0.2) is 37.6 Å². The Hall–Kier alpha value is -1.32. The van der Waals surface area contributed by atoms with Gasteiger partial charge >= 0.3 is 0 Å². The maximum absolute atomic E-state index is 6.18. The molecule has 104 valence electrons. The maximum Gasteiger partial charge on any atom is 0.129 e. The second-order valence-corrected chi connectivity index (χ2v) is 5.06. The van der Waals surface area contributed by atoms with Gasteiger partial charge in [0.2, 0.25) is 0 Å². The smallest absolute Gasteiger partial charge is 0.129 e. The molecule has 0 aliphatic heterocycles. The lowest BCUT2D eigenvalue weighted by atomic mass is 10.2. The predicted octanol–water partition coefficient (Wildman–Crippen LogP) is 3.41. The van der Waals surface area contributed by atoms with Crippen LogP contribution in [-0.2, 0) is 6.54 Å². The molecule has 0 aromatic carbocycles. The molecule has 1 N–H and O–H groups in total. The number of nitrogens with zero attached hydrogens (tertiary/aromatic N) is 2. The van der Waals surface area contributed by atoms with E-state index in [4.69, 9.17) is 11.6 Å². The Bertz CT molecular complexity index is 419. The number of aromatic nitrogens is 1. The lowest BCUT2D eigenvalue weighted by Crippen LogP contribution is -2.25. The molecule has 0 saturated heterocycles. The second-order valence-electron chi connectivity index (χ2n) is 4.65. The number of hydrogen-bond acceptors (Lipinski definition) is 3. The third-order valence-corrected chi connectivity index (χ3v) is 2.98. The topological polar surface area (TPSA) is 28.2 Å². The predicted molar refractivity (Wildman–Crippen MR) is 83.8 cm³/mol. The van der Waals surface area contributed by atoms with Crippen LogP contribution < -0.4 is 10.2 Å². The SMILES string of the molecule is C=CCN(CC=C)c1cc(CNC(C)C)c(Cl)cn1. The van der Waals surface area contributed by atoms with Crippen molar-refractivity contribution in [3.05, 3.63) is 48.2 Å². The molecule has 0 unspecified atom stereocenters. The summed E-state index contributed by atoms with van der Waals surface area (Å²) in [5.41, 5.74) is 1.05. The summed E-state index contributed by atoms with van der Waals surface area (Å²) in [4.78, 5) is 6.47. The molecule has 0 atom stereocenters. The summed E-state index contributed by atoms with van der Waals surface area (Å²) >= 11 is 6.18. The third-order valence-electron chi connectivity index (χ3n) is 2.64. The van der Waals surface area contributed by atoms with Crippen molar-refractivity contribution in [3.63, 3.8) is 0 Å². The van der Waals surface area contributed by atoms with E-state index in [1.54, 1.807) is 6.20 Å². The Balaban J connectivity index is 2.91. The summed E-state index contributed by atoms with van der Waals surface area (Å²) in [6, 6.07) is 2.44. The van der Waals surface area contributed by atoms with Gasteiger partial charge in [0.25, 0.3) is 0 Å². The highest BCUT2D eigenvalue weighted by Crippen LogP contribution is 2.20. The zero-order valence-corrected chi connectivity index (χ0v) is 12.5. The quantitative estimate of drug-likeness (QED) is 0.739. The van der Waals surface area contributed by atoms with Crippen molar-refractivity contribution in [2.24, 2.45) is 0 Å². The molecule has 0 radical (unpaired) electrons. The summed E-state index contributed by atoms with van der Waals surface area (Å²) in [5.74, 6) is 0.893. The van der Waals surface area contributed by atoms with E-state index < -0.39 is 0 Å². The van der Waals surface area contributed by atoms with E-state index in [1.165, 1.54) is 0 Å². The largest absolute Gasteiger partial charge is 0.349 e. The number of rotatable bonds is 8. The van der Waals surface area contributed by atoms with Crippen molar-refractivity contribution in [1.29, 1.82) is 0 Å². The van der Waals surface area contributed by atoms with Gasteiger partial charge in [0.05, 0.1) is 5.02 Å². The van der Waals surface area contributed by atoms with Gasteiger partial charge in [-0.3, -0.25) is 0 Å². The van der Waals surface area contributed by atoms with E-state index in [0.717, 1.165) is 31.0 Å². The molecule has 1 aromatic heterocycles. The first kappa shape index (κ1) is 15.7. The van der Waals surface area contributed by atoms with Gasteiger partial charge in [0, 0.05) is 31.9 Å². The molecule has 0 aliphatic carbocycles. The van der Waals surface area contributed by atoms with Gasteiger partial charge in [-0.15, -0.1) is 13.2 Å². The number of nitrogens with one attached hydrogen (secondary N) is 1. The molecular formula is C15H22ClN3. The fraction of sp³-hybridized carbons (Fsp3) is 0.400. The van der Waals surface area contributed by atoms with Crippen LogP contribution in [0.4, 0.5) is 5.82 Å². The van der Waals surface area contributed by atoms with Crippen LogP contribution in [0.2, 0.25) is 5.02 Å². The standard InChI is InChI=1S/C15H22ClN3/c1-5-7-19(8-6-2)15-9-13(10-17-12(3)4)14(16)11-18-15/h5-6,9,11-12,17H,1-2,7-8,10H2,3-4H3. The first-order chi connectivity index (χ1) is 9.08. The van der Waals surface area contributed by atoms with Crippen molar-refractivity contribution in [1.82, 2.24) is 10.3 Å². The van der Waals surface area contributed by atoms with Gasteiger partial charge in [0.1, 0.15) is 5.82 Å². The molecule has 4 heteroatoms. The highest BCUT2D eigenvalue weighted by Gasteiger charge is 2.09. The lowest BCUT2D eigenvalue weighted by molar-refractivity contribution is 0.588. The summed E-state index contributed by atoms with van der Waals surface area (Å²) in [6.07, 6.45) is 5.41. The fourth-order valence-electron chi connectivity index (χ4n) is 1.66. The summed E-state index contributed by atoms with van der Waals surface area (Å²) in [5, 5.41) is 4.05. The highest BCUT2D eigenvalue weighted by atomic mass is 35.5. The van der Waals surface area contributed by atoms with Crippen LogP contribution in [0.1, 0.15) is 19.4 Å². The van der Waals surface area contributed by atoms with Crippen LogP contribution in [0.25, 0.3) is 0 Å². The summed E-state index contributed by atoms with van der Waals surface area (Å²) < 4.78 is 0. The first-order valence-electron chi connectivity index (χ1n) is 6.43. The van der Waals surface area contributed by atoms with Gasteiger partial charge in [0.15, 0.2) is 0 Å². The minimum atomic E-state index is 0.421. The van der Waals surface area contributed by atoms with Crippen molar-refractivity contribution in [2.75, 3.05) is 18.0 Å². The van der Waals surface area contributed by atoms with Gasteiger partial charge in [-0.1, -0.05) is 37.6 Å². The molecule has 3 nitrogen and oxygen atoms in total. The zero-order valence-electron chi connectivity index (χ0n) is 11.7. The molecule has 0 bridgehead atoms. The molecule has 0 fully saturated rings. The molecule has 1 aromatic rings. The molecule has 0 spiro atoms. The van der Waals surface area contributed by atoms with Crippen LogP contribution in [0, 0.1) is 0 Å². The van der Waals surface area contributed by atoms with Crippen LogP contribution in [0.5, 0.6) is 0 Å². The van der Waals surface area contributed by atoms with Gasteiger partial charge in [-0.2, -0.15) is 0 Å². The molecule has 0 saturated carbocycles. The number of halogens is 1. The van der Waals surface area contributed by atoms with E-state index in [-0.39, 0.29) is 0 Å². The van der Waals surface area contributed by atoms with Crippen LogP contribution in [-0.4, -0.2) is 24.1 Å². The first-order valence-corrected chi connectivity index (χ1v) is 6.80. The van der Waals surface area contributed by atoms with Gasteiger partial charge in [-0.25, -0.2) is 4.98 Å². The van der Waals surface area contributed by atoms with Crippen molar-refractivity contribution in [3.8, 4) is 0 Å². The average molecular weight is 280 g/mol. The molecular weight excluding hydrogens is 258 g/mol. The normalized spacial score (nSPS) is 10.5.